The summed E-state index contributed by atoms with van der Waals surface area (Å²) >= 11 is 4.09. The van der Waals surface area contributed by atoms with Gasteiger partial charge in [-0.15, -0.1) is 0 Å². The van der Waals surface area contributed by atoms with Crippen LogP contribution in [0.2, 0.25) is 0 Å². The van der Waals surface area contributed by atoms with Gasteiger partial charge in [0.1, 0.15) is 36.8 Å². The molecule has 12 N–H and O–H groups in total. The molecule has 8 heterocycles. The molecule has 2 aromatic heterocycles. The van der Waals surface area contributed by atoms with Crippen LogP contribution in [0, 0.1) is 0 Å². The number of unbranched alkanes of at least 4 members (excludes halogenated alkanes) is 2. The van der Waals surface area contributed by atoms with Crippen LogP contribution in [0.4, 0.5) is 16.4 Å². The maximum absolute atomic E-state index is 14.7. The minimum Gasteiger partial charge on any atom is -0.455 e. The number of aromatic amines is 1. The third kappa shape index (κ3) is 13.5. The number of aryl methyl sites for hydroxylation is 2. The largest absolute Gasteiger partial charge is 0.488 e. The van der Waals surface area contributed by atoms with E-state index >= 15 is 0 Å². The lowest BCUT2D eigenvalue weighted by molar-refractivity contribution is -0.121. The van der Waals surface area contributed by atoms with Crippen molar-refractivity contribution in [3.63, 3.8) is 0 Å². The number of phosphoric ester groups is 1. The van der Waals surface area contributed by atoms with Crippen molar-refractivity contribution < 1.29 is 92.1 Å². The topological polar surface area (TPSA) is 445 Å². The molecule has 0 aliphatic carbocycles. The van der Waals surface area contributed by atoms with E-state index in [1.807, 2.05) is 0 Å². The third-order valence-electron chi connectivity index (χ3n) is 15.7. The van der Waals surface area contributed by atoms with Gasteiger partial charge in [0, 0.05) is 90.7 Å². The smallest absolute Gasteiger partial charge is 0.455 e. The summed E-state index contributed by atoms with van der Waals surface area (Å²) in [5, 5.41) is 18.2. The Morgan fingerprint density at radius 2 is 1.60 bits per heavy atom. The Balaban J connectivity index is 0.728. The van der Waals surface area contributed by atoms with Crippen LogP contribution in [-0.4, -0.2) is 148 Å². The molecule has 0 saturated carbocycles. The number of sulfonamides is 1. The second-order valence-electron chi connectivity index (χ2n) is 21.6. The number of phosphoric acid groups is 2. The minimum absolute atomic E-state index is 0.0141. The van der Waals surface area contributed by atoms with Crippen LogP contribution in [0.3, 0.4) is 0 Å². The summed E-state index contributed by atoms with van der Waals surface area (Å²) in [6, 6.07) is 7.86. The molecule has 5 aromatic rings. The SMILES string of the molecule is Nc1nc2c(ncn2C2O[C@H](COP(=O)(O)OP(=O)(O)OP(O)(O)=S)[C@@H](OC(=O)NCCNC(=O)CCCCCNS(=O)(=O)c3cc(S(=O)(=O)O)ccc3C3=c4cc5c6c(c4Oc4c3cc3c7c4CCCN7CCC3)CCC[N+]=6CCC5)[C@H]2O)c(=O)[nH]1. The number of hydrogen-bond donors (Lipinski definition) is 11. The molecule has 37 heteroatoms. The number of benzene rings is 3. The number of alkyl carbamates (subject to hydrolysis) is 1. The van der Waals surface area contributed by atoms with Crippen LogP contribution in [-0.2, 0) is 94.2 Å². The molecule has 87 heavy (non-hydrogen) atoms. The maximum Gasteiger partial charge on any atom is 0.488 e. The minimum atomic E-state index is -5.74. The third-order valence-corrected chi connectivity index (χ3v) is 22.4. The summed E-state index contributed by atoms with van der Waals surface area (Å²) in [5.41, 5.74) is 11.6. The lowest BCUT2D eigenvalue weighted by Crippen LogP contribution is -2.45. The number of aliphatic hydroxyl groups excluding tert-OH is 1. The van der Waals surface area contributed by atoms with E-state index < -0.39 is 96.1 Å². The zero-order chi connectivity index (χ0) is 62.0. The number of hydrogen-bond acceptors (Lipinski definition) is 21. The molecule has 1 fully saturated rings. The summed E-state index contributed by atoms with van der Waals surface area (Å²) < 4.78 is 127. The van der Waals surface area contributed by atoms with E-state index in [9.17, 15) is 69.6 Å². The van der Waals surface area contributed by atoms with Gasteiger partial charge in [-0.05, 0) is 93.0 Å². The fourth-order valence-corrected chi connectivity index (χ4v) is 17.9. The molecule has 6 atom stereocenters. The summed E-state index contributed by atoms with van der Waals surface area (Å²) in [5.74, 6) is 0.544. The Morgan fingerprint density at radius 1 is 0.874 bits per heavy atom. The lowest BCUT2D eigenvalue weighted by Gasteiger charge is -2.39. The van der Waals surface area contributed by atoms with Crippen molar-refractivity contribution in [3.05, 3.63) is 91.0 Å². The highest BCUT2D eigenvalue weighted by Crippen LogP contribution is 2.66. The van der Waals surface area contributed by atoms with E-state index in [-0.39, 0.29) is 60.0 Å². The number of fused-ring (bicyclic) bond motifs is 5. The van der Waals surface area contributed by atoms with Gasteiger partial charge in [-0.3, -0.25) is 28.2 Å². The summed E-state index contributed by atoms with van der Waals surface area (Å²) in [6.07, 6.45) is 0.608. The number of carbonyl (C=O) groups is 2. The second kappa shape index (κ2) is 24.6. The number of amides is 2. The highest BCUT2D eigenvalue weighted by Gasteiger charge is 2.50. The number of aliphatic hydroxyl groups is 1. The van der Waals surface area contributed by atoms with Crippen LogP contribution in [0.25, 0.3) is 16.7 Å². The quantitative estimate of drug-likeness (QED) is 0.0194. The molecule has 31 nitrogen and oxygen atoms in total. The zero-order valence-electron chi connectivity index (χ0n) is 46.1. The van der Waals surface area contributed by atoms with E-state index in [0.29, 0.717) is 29.9 Å². The maximum atomic E-state index is 14.7. The molecule has 470 valence electrons. The molecule has 6 aliphatic rings. The van der Waals surface area contributed by atoms with Crippen LogP contribution in [0.5, 0.6) is 11.5 Å². The Morgan fingerprint density at radius 3 is 2.36 bits per heavy atom. The van der Waals surface area contributed by atoms with E-state index in [1.165, 1.54) is 23.2 Å². The van der Waals surface area contributed by atoms with Gasteiger partial charge in [0.25, 0.3) is 15.7 Å². The van der Waals surface area contributed by atoms with E-state index in [1.54, 1.807) is 0 Å². The first-order chi connectivity index (χ1) is 41.1. The van der Waals surface area contributed by atoms with Crippen molar-refractivity contribution in [2.75, 3.05) is 63.1 Å². The first kappa shape index (κ1) is 63.0. The molecular weight excluding hydrogens is 1270 g/mol. The van der Waals surface area contributed by atoms with Crippen molar-refractivity contribution in [3.8, 4) is 11.5 Å². The van der Waals surface area contributed by atoms with Gasteiger partial charge >= 0.3 is 28.5 Å². The Hall–Kier alpha value is -5.61. The Labute approximate surface area is 500 Å². The molecule has 3 aromatic carbocycles. The number of rotatable bonds is 22. The first-order valence-electron chi connectivity index (χ1n) is 27.8. The van der Waals surface area contributed by atoms with Crippen LogP contribution < -0.4 is 51.4 Å². The number of anilines is 2. The van der Waals surface area contributed by atoms with Crippen LogP contribution in [0.1, 0.15) is 91.0 Å². The van der Waals surface area contributed by atoms with E-state index in [2.05, 4.69) is 72.3 Å². The highest BCUT2D eigenvalue weighted by molar-refractivity contribution is 8.08. The number of nitrogen functional groups attached to an aromatic ring is 1. The second-order valence-corrected chi connectivity index (χ2v) is 30.6. The fraction of sp³-hybridized carbons (Fsp3) is 0.480. The predicted octanol–water partition coefficient (Wildman–Crippen LogP) is 0.852. The number of nitrogens with one attached hydrogen (secondary N) is 4. The molecule has 1 saturated heterocycles. The van der Waals surface area contributed by atoms with Crippen LogP contribution >= 0.6 is 22.4 Å². The molecule has 6 aliphatic heterocycles. The van der Waals surface area contributed by atoms with Crippen molar-refractivity contribution in [2.45, 2.75) is 111 Å². The van der Waals surface area contributed by atoms with Gasteiger partial charge < -0.3 is 60.2 Å². The number of nitrogens with zero attached hydrogens (tertiary/aromatic N) is 5. The van der Waals surface area contributed by atoms with Gasteiger partial charge in [0.15, 0.2) is 23.5 Å². The van der Waals surface area contributed by atoms with Crippen LogP contribution in [0.15, 0.2) is 51.2 Å². The normalized spacial score (nSPS) is 21.2. The first-order valence-corrected chi connectivity index (χ1v) is 36.3. The number of carbonyl (C=O) groups excluding carboxylic acids is 2. The number of nitrogens with two attached hydrogens (primary N) is 1. The lowest BCUT2D eigenvalue weighted by atomic mass is 9.82. The monoisotopic (exact) mass is 1330 g/mol. The summed E-state index contributed by atoms with van der Waals surface area (Å²) in [6.45, 7) is -2.85. The molecule has 2 amide bonds. The molecule has 0 spiro atoms. The Kier molecular flexibility index (Phi) is 17.8. The highest BCUT2D eigenvalue weighted by atomic mass is 32.5. The molecule has 0 bridgehead atoms. The zero-order valence-corrected chi connectivity index (χ0v) is 51.2. The van der Waals surface area contributed by atoms with Gasteiger partial charge in [0.05, 0.1) is 28.3 Å². The molecule has 11 rings (SSSR count). The van der Waals surface area contributed by atoms with Gasteiger partial charge in [-0.2, -0.15) is 17.7 Å². The van der Waals surface area contributed by atoms with Crippen molar-refractivity contribution >= 4 is 94.7 Å². The summed E-state index contributed by atoms with van der Waals surface area (Å²) in [4.78, 5) is 88.4. The average molecular weight is 1330 g/mol. The number of ether oxygens (including phenoxy) is 3. The Bertz CT molecular complexity index is 4220. The van der Waals surface area contributed by atoms with Crippen molar-refractivity contribution in [1.82, 2.24) is 39.5 Å². The number of imidazole rings is 1. The fourth-order valence-electron chi connectivity index (χ4n) is 12.2. The van der Waals surface area contributed by atoms with E-state index in [0.717, 1.165) is 128 Å². The summed E-state index contributed by atoms with van der Waals surface area (Å²) in [7, 11) is -20.8. The van der Waals surface area contributed by atoms with Gasteiger partial charge in [-0.25, -0.2) is 40.9 Å². The van der Waals surface area contributed by atoms with Gasteiger partial charge in [0.2, 0.25) is 27.2 Å². The van der Waals surface area contributed by atoms with Crippen molar-refractivity contribution in [2.24, 2.45) is 0 Å². The molecule has 3 unspecified atom stereocenters. The number of H-pyrrole nitrogens is 1. The molecular formula is C50H62N10O21P3S3+. The van der Waals surface area contributed by atoms with Gasteiger partial charge in [-0.1, -0.05) is 12.5 Å². The predicted molar refractivity (Wildman–Crippen MR) is 310 cm³/mol. The number of aromatic nitrogens is 4. The van der Waals surface area contributed by atoms with E-state index in [4.69, 9.17) is 24.5 Å². The van der Waals surface area contributed by atoms with Crippen molar-refractivity contribution in [1.29, 1.82) is 0 Å². The average Bonchev–Trinajstić information content (AvgIpc) is 1.50. The standard InChI is InChI=1S/C50H61N10O21P3S3/c51-49-56-46-39(47(63)57-49)54-26-60(46)48-42(62)45(35(77-48)25-76-82(65,66)80-83(67,68)81-84(69,70)85)79-50(64)53-17-16-52-37(61)12-2-1-3-15-55-86(71,72)36-24-29(87(73,74)75)13-14-30(36)38-33-22-27-8-4-18-58-20-6-10-31(40(27)58)43(33)78-44-32-11-7-21-59-19-5-9-28(41(32)59)23-34(38)44/h13-14,22-24,26,35,42,45,48,55,62H,1-12,15-21,25H2,(H9-,51,52,53,56,57,61,63,64,65,66,67,68,69,70,73,74,75,85)/p+1/t35-,42-,45-,48?/m1/s1. The molecule has 0 radical (unpaired) electrons.